The van der Waals surface area contributed by atoms with Gasteiger partial charge in [0.1, 0.15) is 0 Å². The van der Waals surface area contributed by atoms with Crippen LogP contribution in [0.5, 0.6) is 0 Å². The van der Waals surface area contributed by atoms with Gasteiger partial charge < -0.3 is 14.5 Å². The van der Waals surface area contributed by atoms with Crippen molar-refractivity contribution in [2.45, 2.75) is 43.8 Å². The Morgan fingerprint density at radius 3 is 2.88 bits per heavy atom. The van der Waals surface area contributed by atoms with Crippen LogP contribution < -0.4 is 0 Å². The first kappa shape index (κ1) is 17.0. The summed E-state index contributed by atoms with van der Waals surface area (Å²) in [5.41, 5.74) is 1.29. The van der Waals surface area contributed by atoms with Gasteiger partial charge in [-0.2, -0.15) is 0 Å². The molecule has 0 aromatic heterocycles. The molecule has 25 heavy (non-hydrogen) atoms. The number of benzene rings is 1. The van der Waals surface area contributed by atoms with Crippen molar-refractivity contribution < 1.29 is 9.53 Å². The van der Waals surface area contributed by atoms with Crippen LogP contribution in [0.4, 0.5) is 0 Å². The number of likely N-dealkylation sites (tertiary alicyclic amines) is 1. The van der Waals surface area contributed by atoms with Crippen molar-refractivity contribution in [1.82, 2.24) is 9.80 Å². The number of hydrogen-bond acceptors (Lipinski definition) is 3. The van der Waals surface area contributed by atoms with Gasteiger partial charge >= 0.3 is 0 Å². The van der Waals surface area contributed by atoms with Crippen LogP contribution in [0.3, 0.4) is 0 Å². The van der Waals surface area contributed by atoms with E-state index in [1.165, 1.54) is 12.0 Å². The highest BCUT2D eigenvalue weighted by molar-refractivity contribution is 5.76. The van der Waals surface area contributed by atoms with Crippen molar-refractivity contribution in [2.24, 2.45) is 11.8 Å². The molecule has 0 N–H and O–H groups in total. The first-order valence-corrected chi connectivity index (χ1v) is 9.72. The summed E-state index contributed by atoms with van der Waals surface area (Å²) >= 11 is 0. The normalized spacial score (nSPS) is 33.2. The van der Waals surface area contributed by atoms with Crippen LogP contribution in [-0.4, -0.2) is 61.1 Å². The molecule has 0 radical (unpaired) electrons. The molecule has 1 aromatic rings. The molecule has 1 aromatic carbocycles. The van der Waals surface area contributed by atoms with E-state index in [1.54, 1.807) is 0 Å². The fourth-order valence-electron chi connectivity index (χ4n) is 5.29. The number of carbonyl (C=O) groups excluding carboxylic acids is 1. The Bertz CT molecular complexity index is 618. The number of carbonyl (C=O) groups is 1. The average molecular weight is 342 g/mol. The summed E-state index contributed by atoms with van der Waals surface area (Å²) in [6, 6.07) is 10.5. The van der Waals surface area contributed by atoms with Crippen LogP contribution in [0, 0.1) is 11.8 Å². The number of rotatable bonds is 6. The fraction of sp³-hybridized carbons (Fsp3) is 0.667. The lowest BCUT2D eigenvalue weighted by Gasteiger charge is -2.30. The standard InChI is InChI=1S/C21H30N2O2/c1-22(2)13-17-18-14-23(15-21(18)12-11-19(17)25-21)20(24)10-6-9-16-7-4-3-5-8-16/h3-5,7-8,17-19H,6,9-15H2,1-2H3/t17-,18+,19+,21+/m0/s1. The second-order valence-corrected chi connectivity index (χ2v) is 8.41. The lowest BCUT2D eigenvalue weighted by Crippen LogP contribution is -2.40. The first-order chi connectivity index (χ1) is 12.1. The highest BCUT2D eigenvalue weighted by Crippen LogP contribution is 2.54. The molecule has 0 saturated carbocycles. The topological polar surface area (TPSA) is 32.8 Å². The minimum atomic E-state index is -0.0273. The molecule has 4 heteroatoms. The number of ether oxygens (including phenoxy) is 1. The van der Waals surface area contributed by atoms with Gasteiger partial charge in [-0.3, -0.25) is 4.79 Å². The van der Waals surface area contributed by atoms with Crippen molar-refractivity contribution in [2.75, 3.05) is 33.7 Å². The van der Waals surface area contributed by atoms with E-state index in [0.29, 0.717) is 30.3 Å². The number of hydrogen-bond donors (Lipinski definition) is 0. The van der Waals surface area contributed by atoms with Crippen LogP contribution in [0.15, 0.2) is 30.3 Å². The van der Waals surface area contributed by atoms with E-state index in [1.807, 2.05) is 6.07 Å². The van der Waals surface area contributed by atoms with E-state index in [9.17, 15) is 4.79 Å². The SMILES string of the molecule is CN(C)C[C@H]1[C@H]2CN(C(=O)CCCc3ccccc3)C[C@]23CC[C@H]1O3. The molecule has 3 saturated heterocycles. The van der Waals surface area contributed by atoms with Gasteiger partial charge in [-0.15, -0.1) is 0 Å². The molecule has 0 aliphatic carbocycles. The summed E-state index contributed by atoms with van der Waals surface area (Å²) in [5, 5.41) is 0. The van der Waals surface area contributed by atoms with E-state index in [2.05, 4.69) is 48.2 Å². The number of amides is 1. The average Bonchev–Trinajstić information content (AvgIpc) is 3.25. The molecule has 3 aliphatic rings. The Balaban J connectivity index is 1.33. The molecule has 4 atom stereocenters. The number of nitrogens with zero attached hydrogens (tertiary/aromatic N) is 2. The zero-order valence-electron chi connectivity index (χ0n) is 15.5. The van der Waals surface area contributed by atoms with Crippen LogP contribution in [0.2, 0.25) is 0 Å². The molecule has 4 rings (SSSR count). The van der Waals surface area contributed by atoms with Gasteiger partial charge in [-0.05, 0) is 45.3 Å². The predicted octanol–water partition coefficient (Wildman–Crippen LogP) is 2.58. The molecule has 136 valence electrons. The Kier molecular flexibility index (Phi) is 4.59. The second kappa shape index (κ2) is 6.73. The Morgan fingerprint density at radius 1 is 1.32 bits per heavy atom. The van der Waals surface area contributed by atoms with E-state index < -0.39 is 0 Å². The van der Waals surface area contributed by atoms with E-state index >= 15 is 0 Å². The minimum absolute atomic E-state index is 0.0273. The molecule has 3 fully saturated rings. The molecule has 4 nitrogen and oxygen atoms in total. The van der Waals surface area contributed by atoms with Crippen molar-refractivity contribution in [1.29, 1.82) is 0 Å². The smallest absolute Gasteiger partial charge is 0.222 e. The van der Waals surface area contributed by atoms with Crippen LogP contribution in [0.25, 0.3) is 0 Å². The summed E-state index contributed by atoms with van der Waals surface area (Å²) in [6.07, 6.45) is 5.30. The van der Waals surface area contributed by atoms with Crippen LogP contribution >= 0.6 is 0 Å². The third kappa shape index (κ3) is 3.22. The van der Waals surface area contributed by atoms with Gasteiger partial charge in [0.2, 0.25) is 5.91 Å². The molecular formula is C21H30N2O2. The highest BCUT2D eigenvalue weighted by atomic mass is 16.5. The number of fused-ring (bicyclic) bond motifs is 1. The van der Waals surface area contributed by atoms with E-state index in [0.717, 1.165) is 38.9 Å². The summed E-state index contributed by atoms with van der Waals surface area (Å²) in [5.74, 6) is 1.44. The zero-order chi connectivity index (χ0) is 17.4. The quantitative estimate of drug-likeness (QED) is 0.797. The Labute approximate surface area is 151 Å². The van der Waals surface area contributed by atoms with Crippen LogP contribution in [-0.2, 0) is 16.0 Å². The summed E-state index contributed by atoms with van der Waals surface area (Å²) in [6.45, 7) is 2.80. The largest absolute Gasteiger partial charge is 0.369 e. The third-order valence-corrected chi connectivity index (χ3v) is 6.41. The molecule has 1 spiro atoms. The lowest BCUT2D eigenvalue weighted by molar-refractivity contribution is -0.131. The molecular weight excluding hydrogens is 312 g/mol. The monoisotopic (exact) mass is 342 g/mol. The van der Waals surface area contributed by atoms with Gasteiger partial charge in [0.05, 0.1) is 18.2 Å². The van der Waals surface area contributed by atoms with E-state index in [-0.39, 0.29) is 5.60 Å². The van der Waals surface area contributed by atoms with Crippen molar-refractivity contribution in [3.8, 4) is 0 Å². The van der Waals surface area contributed by atoms with Crippen LogP contribution in [0.1, 0.15) is 31.2 Å². The maximum atomic E-state index is 12.7. The zero-order valence-corrected chi connectivity index (χ0v) is 15.5. The van der Waals surface area contributed by atoms with Gasteiger partial charge in [-0.1, -0.05) is 30.3 Å². The highest BCUT2D eigenvalue weighted by Gasteiger charge is 2.63. The maximum absolute atomic E-state index is 12.7. The van der Waals surface area contributed by atoms with Crippen molar-refractivity contribution in [3.63, 3.8) is 0 Å². The van der Waals surface area contributed by atoms with Gasteiger partial charge in [-0.25, -0.2) is 0 Å². The minimum Gasteiger partial charge on any atom is -0.369 e. The first-order valence-electron chi connectivity index (χ1n) is 9.72. The molecule has 0 unspecified atom stereocenters. The summed E-state index contributed by atoms with van der Waals surface area (Å²) in [7, 11) is 4.28. The third-order valence-electron chi connectivity index (χ3n) is 6.41. The lowest BCUT2D eigenvalue weighted by atomic mass is 9.73. The summed E-state index contributed by atoms with van der Waals surface area (Å²) < 4.78 is 6.43. The number of aryl methyl sites for hydroxylation is 1. The van der Waals surface area contributed by atoms with Gasteiger partial charge in [0.25, 0.3) is 0 Å². The Morgan fingerprint density at radius 2 is 2.12 bits per heavy atom. The van der Waals surface area contributed by atoms with Crippen molar-refractivity contribution in [3.05, 3.63) is 35.9 Å². The molecule has 3 heterocycles. The van der Waals surface area contributed by atoms with Crippen molar-refractivity contribution >= 4 is 5.91 Å². The predicted molar refractivity (Wildman–Crippen MR) is 98.3 cm³/mol. The fourth-order valence-corrected chi connectivity index (χ4v) is 5.29. The second-order valence-electron chi connectivity index (χ2n) is 8.41. The molecule has 2 bridgehead atoms. The van der Waals surface area contributed by atoms with Gasteiger partial charge in [0.15, 0.2) is 0 Å². The summed E-state index contributed by atoms with van der Waals surface area (Å²) in [4.78, 5) is 17.1. The Hall–Kier alpha value is -1.39. The van der Waals surface area contributed by atoms with Gasteiger partial charge in [0, 0.05) is 31.3 Å². The molecule has 1 amide bonds. The molecule has 3 aliphatic heterocycles. The van der Waals surface area contributed by atoms with E-state index in [4.69, 9.17) is 4.74 Å². The maximum Gasteiger partial charge on any atom is 0.222 e.